The highest BCUT2D eigenvalue weighted by molar-refractivity contribution is 5.68. The lowest BCUT2D eigenvalue weighted by molar-refractivity contribution is -0.000739. The second-order valence-electron chi connectivity index (χ2n) is 7.99. The van der Waals surface area contributed by atoms with Gasteiger partial charge in [0.05, 0.1) is 6.10 Å². The lowest BCUT2D eigenvalue weighted by Crippen LogP contribution is -2.59. The van der Waals surface area contributed by atoms with Crippen molar-refractivity contribution in [2.75, 3.05) is 13.7 Å². The SMILES string of the molecule is COC1CCCCC1NC1CCCN(C(=O)OC(C)(C)C)C1C. The van der Waals surface area contributed by atoms with E-state index in [1.54, 1.807) is 0 Å². The van der Waals surface area contributed by atoms with Crippen molar-refractivity contribution in [2.24, 2.45) is 0 Å². The van der Waals surface area contributed by atoms with E-state index in [9.17, 15) is 4.79 Å². The van der Waals surface area contributed by atoms with E-state index in [2.05, 4.69) is 12.2 Å². The summed E-state index contributed by atoms with van der Waals surface area (Å²) in [5.41, 5.74) is -0.443. The molecule has 0 aromatic rings. The number of hydrogen-bond donors (Lipinski definition) is 1. The molecule has 1 saturated heterocycles. The molecule has 134 valence electrons. The Morgan fingerprint density at radius 2 is 1.74 bits per heavy atom. The van der Waals surface area contributed by atoms with Crippen molar-refractivity contribution < 1.29 is 14.3 Å². The van der Waals surface area contributed by atoms with Gasteiger partial charge in [0.15, 0.2) is 0 Å². The molecule has 2 fully saturated rings. The zero-order valence-corrected chi connectivity index (χ0v) is 15.4. The average molecular weight is 326 g/mol. The molecule has 0 aromatic heterocycles. The Morgan fingerprint density at radius 3 is 2.39 bits per heavy atom. The first-order chi connectivity index (χ1) is 10.8. The summed E-state index contributed by atoms with van der Waals surface area (Å²) >= 11 is 0. The first kappa shape index (κ1) is 18.5. The van der Waals surface area contributed by atoms with E-state index in [0.29, 0.717) is 18.2 Å². The fourth-order valence-electron chi connectivity index (χ4n) is 3.79. The molecular weight excluding hydrogens is 292 g/mol. The van der Waals surface area contributed by atoms with Gasteiger partial charge in [0.1, 0.15) is 5.60 Å². The van der Waals surface area contributed by atoms with Gasteiger partial charge in [0.25, 0.3) is 0 Å². The van der Waals surface area contributed by atoms with Crippen LogP contribution in [0.3, 0.4) is 0 Å². The number of likely N-dealkylation sites (tertiary alicyclic amines) is 1. The summed E-state index contributed by atoms with van der Waals surface area (Å²) in [4.78, 5) is 14.3. The number of piperidine rings is 1. The summed E-state index contributed by atoms with van der Waals surface area (Å²) in [5.74, 6) is 0. The number of ether oxygens (including phenoxy) is 2. The number of carbonyl (C=O) groups is 1. The van der Waals surface area contributed by atoms with E-state index in [1.165, 1.54) is 12.8 Å². The van der Waals surface area contributed by atoms with E-state index >= 15 is 0 Å². The molecule has 1 N–H and O–H groups in total. The predicted octanol–water partition coefficient (Wildman–Crippen LogP) is 3.32. The number of rotatable bonds is 3. The number of nitrogens with one attached hydrogen (secondary N) is 1. The molecule has 0 aromatic carbocycles. The summed E-state index contributed by atoms with van der Waals surface area (Å²) in [5, 5.41) is 3.78. The van der Waals surface area contributed by atoms with Crippen molar-refractivity contribution in [3.63, 3.8) is 0 Å². The van der Waals surface area contributed by atoms with Gasteiger partial charge in [-0.15, -0.1) is 0 Å². The molecule has 0 bridgehead atoms. The zero-order valence-electron chi connectivity index (χ0n) is 15.4. The Hall–Kier alpha value is -0.810. The second-order valence-corrected chi connectivity index (χ2v) is 7.99. The van der Waals surface area contributed by atoms with Crippen LogP contribution in [0.25, 0.3) is 0 Å². The molecular formula is C18H34N2O3. The van der Waals surface area contributed by atoms with Crippen LogP contribution < -0.4 is 5.32 Å². The maximum atomic E-state index is 12.4. The van der Waals surface area contributed by atoms with Gasteiger partial charge in [0, 0.05) is 31.8 Å². The van der Waals surface area contributed by atoms with Crippen LogP contribution in [0.1, 0.15) is 66.2 Å². The topological polar surface area (TPSA) is 50.8 Å². The quantitative estimate of drug-likeness (QED) is 0.864. The fraction of sp³-hybridized carbons (Fsp3) is 0.944. The molecule has 23 heavy (non-hydrogen) atoms. The van der Waals surface area contributed by atoms with Crippen molar-refractivity contribution in [1.29, 1.82) is 0 Å². The van der Waals surface area contributed by atoms with Gasteiger partial charge >= 0.3 is 6.09 Å². The molecule has 1 heterocycles. The van der Waals surface area contributed by atoms with E-state index in [1.807, 2.05) is 32.8 Å². The minimum atomic E-state index is -0.443. The highest BCUT2D eigenvalue weighted by atomic mass is 16.6. The largest absolute Gasteiger partial charge is 0.444 e. The Balaban J connectivity index is 1.96. The third-order valence-electron chi connectivity index (χ3n) is 5.05. The summed E-state index contributed by atoms with van der Waals surface area (Å²) in [7, 11) is 1.81. The molecule has 0 radical (unpaired) electrons. The highest BCUT2D eigenvalue weighted by Crippen LogP contribution is 2.25. The highest BCUT2D eigenvalue weighted by Gasteiger charge is 2.36. The van der Waals surface area contributed by atoms with Crippen LogP contribution in [0.2, 0.25) is 0 Å². The molecule has 2 aliphatic rings. The predicted molar refractivity (Wildman–Crippen MR) is 91.6 cm³/mol. The first-order valence-electron chi connectivity index (χ1n) is 9.10. The van der Waals surface area contributed by atoms with Crippen LogP contribution in [-0.2, 0) is 9.47 Å². The van der Waals surface area contributed by atoms with Crippen LogP contribution >= 0.6 is 0 Å². The van der Waals surface area contributed by atoms with Crippen LogP contribution in [0.5, 0.6) is 0 Å². The molecule has 2 rings (SSSR count). The molecule has 5 heteroatoms. The molecule has 0 spiro atoms. The Morgan fingerprint density at radius 1 is 1.09 bits per heavy atom. The summed E-state index contributed by atoms with van der Waals surface area (Å²) < 4.78 is 11.2. The Kier molecular flexibility index (Phi) is 6.32. The van der Waals surface area contributed by atoms with Crippen LogP contribution in [0.15, 0.2) is 0 Å². The second kappa shape index (κ2) is 7.84. The lowest BCUT2D eigenvalue weighted by Gasteiger charge is -2.43. The molecule has 4 unspecified atom stereocenters. The van der Waals surface area contributed by atoms with Crippen molar-refractivity contribution in [3.05, 3.63) is 0 Å². The van der Waals surface area contributed by atoms with Crippen molar-refractivity contribution in [2.45, 2.75) is 96.1 Å². The summed E-state index contributed by atoms with van der Waals surface area (Å²) in [6.45, 7) is 8.67. The fourth-order valence-corrected chi connectivity index (χ4v) is 3.79. The van der Waals surface area contributed by atoms with Crippen molar-refractivity contribution in [1.82, 2.24) is 10.2 Å². The van der Waals surface area contributed by atoms with E-state index in [0.717, 1.165) is 32.2 Å². The van der Waals surface area contributed by atoms with Gasteiger partial charge in [-0.2, -0.15) is 0 Å². The summed E-state index contributed by atoms with van der Waals surface area (Å²) in [6.07, 6.45) is 7.03. The minimum Gasteiger partial charge on any atom is -0.444 e. The van der Waals surface area contributed by atoms with Crippen LogP contribution in [0, 0.1) is 0 Å². The molecule has 4 atom stereocenters. The number of methoxy groups -OCH3 is 1. The molecule has 1 saturated carbocycles. The molecule has 1 amide bonds. The number of carbonyl (C=O) groups excluding carboxylic acids is 1. The van der Waals surface area contributed by atoms with Crippen molar-refractivity contribution in [3.8, 4) is 0 Å². The number of nitrogens with zero attached hydrogens (tertiary/aromatic N) is 1. The molecule has 1 aliphatic heterocycles. The van der Waals surface area contributed by atoms with Gasteiger partial charge in [-0.25, -0.2) is 4.79 Å². The standard InChI is InChI=1S/C18H34N2O3/c1-13-14(19-15-9-6-7-11-16(15)22-5)10-8-12-20(13)17(21)23-18(2,3)4/h13-16,19H,6-12H2,1-5H3. The first-order valence-corrected chi connectivity index (χ1v) is 9.10. The number of hydrogen-bond acceptors (Lipinski definition) is 4. The molecule has 5 nitrogen and oxygen atoms in total. The monoisotopic (exact) mass is 326 g/mol. The third-order valence-corrected chi connectivity index (χ3v) is 5.05. The van der Waals surface area contributed by atoms with E-state index < -0.39 is 5.60 Å². The van der Waals surface area contributed by atoms with E-state index in [4.69, 9.17) is 9.47 Å². The maximum absolute atomic E-state index is 12.4. The van der Waals surface area contributed by atoms with Gasteiger partial charge < -0.3 is 19.7 Å². The zero-order chi connectivity index (χ0) is 17.0. The third kappa shape index (κ3) is 5.08. The van der Waals surface area contributed by atoms with Crippen LogP contribution in [0.4, 0.5) is 4.79 Å². The Labute approximate surface area is 141 Å². The normalized spacial score (nSPS) is 32.7. The van der Waals surface area contributed by atoms with Gasteiger partial charge in [0.2, 0.25) is 0 Å². The van der Waals surface area contributed by atoms with Gasteiger partial charge in [-0.3, -0.25) is 0 Å². The maximum Gasteiger partial charge on any atom is 0.410 e. The van der Waals surface area contributed by atoms with Gasteiger partial charge in [-0.1, -0.05) is 12.8 Å². The van der Waals surface area contributed by atoms with Crippen molar-refractivity contribution >= 4 is 6.09 Å². The average Bonchev–Trinajstić information content (AvgIpc) is 2.48. The number of amides is 1. The minimum absolute atomic E-state index is 0.151. The van der Waals surface area contributed by atoms with E-state index in [-0.39, 0.29) is 12.1 Å². The molecule has 1 aliphatic carbocycles. The summed E-state index contributed by atoms with van der Waals surface area (Å²) in [6, 6.07) is 0.870. The van der Waals surface area contributed by atoms with Gasteiger partial charge in [-0.05, 0) is 53.4 Å². The lowest BCUT2D eigenvalue weighted by atomic mass is 9.89. The van der Waals surface area contributed by atoms with Crippen LogP contribution in [-0.4, -0.2) is 54.5 Å². The smallest absolute Gasteiger partial charge is 0.410 e. The Bertz CT molecular complexity index is 394.